The predicted molar refractivity (Wildman–Crippen MR) is 113 cm³/mol. The minimum atomic E-state index is -0.654. The average molecular weight is 441 g/mol. The van der Waals surface area contributed by atoms with Crippen LogP contribution in [0.3, 0.4) is 0 Å². The first kappa shape index (κ1) is 20.6. The Morgan fingerprint density at radius 2 is 1.94 bits per heavy atom. The molecular formula is C22H17ClN2O6. The van der Waals surface area contributed by atoms with Crippen molar-refractivity contribution in [3.8, 4) is 11.5 Å². The van der Waals surface area contributed by atoms with Crippen LogP contribution >= 0.6 is 11.6 Å². The molecule has 0 atom stereocenters. The highest BCUT2D eigenvalue weighted by Gasteiger charge is 2.43. The predicted octanol–water partition coefficient (Wildman–Crippen LogP) is 3.53. The summed E-state index contributed by atoms with van der Waals surface area (Å²) in [6, 6.07) is 11.1. The number of anilines is 1. The van der Waals surface area contributed by atoms with E-state index in [1.54, 1.807) is 49.4 Å². The number of rotatable bonds is 4. The summed E-state index contributed by atoms with van der Waals surface area (Å²) >= 11 is 6.08. The highest BCUT2D eigenvalue weighted by Crippen LogP contribution is 2.44. The van der Waals surface area contributed by atoms with Gasteiger partial charge in [-0.2, -0.15) is 0 Å². The van der Waals surface area contributed by atoms with Gasteiger partial charge in [0, 0.05) is 17.0 Å². The summed E-state index contributed by atoms with van der Waals surface area (Å²) < 4.78 is 15.9. The Balaban J connectivity index is 1.76. The van der Waals surface area contributed by atoms with Gasteiger partial charge in [-0.3, -0.25) is 9.59 Å². The van der Waals surface area contributed by atoms with Crippen molar-refractivity contribution in [2.45, 2.75) is 13.3 Å². The van der Waals surface area contributed by atoms with Crippen LogP contribution in [-0.2, 0) is 14.3 Å². The van der Waals surface area contributed by atoms with Crippen LogP contribution in [0.5, 0.6) is 11.5 Å². The Morgan fingerprint density at radius 1 is 1.19 bits per heavy atom. The van der Waals surface area contributed by atoms with Crippen molar-refractivity contribution in [2.24, 2.45) is 4.99 Å². The SMILES string of the molecule is CCOC(=O)C1=C2Oc3ccc(Cl)cc3N2C(=O)C(=NC(=O)c2ccc(OC)cc2)C1. The Kier molecular flexibility index (Phi) is 5.48. The number of hydrogen-bond donors (Lipinski definition) is 0. The van der Waals surface area contributed by atoms with E-state index in [1.807, 2.05) is 0 Å². The molecule has 0 N–H and O–H groups in total. The van der Waals surface area contributed by atoms with Crippen molar-refractivity contribution in [1.82, 2.24) is 0 Å². The molecule has 2 aromatic carbocycles. The summed E-state index contributed by atoms with van der Waals surface area (Å²) in [4.78, 5) is 43.6. The van der Waals surface area contributed by atoms with E-state index in [4.69, 9.17) is 25.8 Å². The van der Waals surface area contributed by atoms with Gasteiger partial charge in [0.15, 0.2) is 5.75 Å². The lowest BCUT2D eigenvalue weighted by atomic mass is 10.0. The summed E-state index contributed by atoms with van der Waals surface area (Å²) in [7, 11) is 1.51. The summed E-state index contributed by atoms with van der Waals surface area (Å²) in [6.07, 6.45) is -0.201. The molecule has 2 aliphatic heterocycles. The normalized spacial score (nSPS) is 16.0. The van der Waals surface area contributed by atoms with Gasteiger partial charge in [-0.05, 0) is 49.4 Å². The van der Waals surface area contributed by atoms with E-state index >= 15 is 0 Å². The van der Waals surface area contributed by atoms with Gasteiger partial charge in [0.05, 0.1) is 19.4 Å². The van der Waals surface area contributed by atoms with Crippen molar-refractivity contribution in [3.05, 3.63) is 64.5 Å². The number of fused-ring (bicyclic) bond motifs is 3. The van der Waals surface area contributed by atoms with Gasteiger partial charge in [-0.1, -0.05) is 11.6 Å². The largest absolute Gasteiger partial charge is 0.497 e. The van der Waals surface area contributed by atoms with Gasteiger partial charge >= 0.3 is 5.97 Å². The van der Waals surface area contributed by atoms with Crippen molar-refractivity contribution < 1.29 is 28.6 Å². The topological polar surface area (TPSA) is 94.5 Å². The second kappa shape index (κ2) is 8.23. The van der Waals surface area contributed by atoms with E-state index in [9.17, 15) is 14.4 Å². The smallest absolute Gasteiger partial charge is 0.339 e. The number of aliphatic imine (C=N–C) groups is 1. The Morgan fingerprint density at radius 3 is 2.61 bits per heavy atom. The van der Waals surface area contributed by atoms with Crippen LogP contribution in [0.1, 0.15) is 23.7 Å². The monoisotopic (exact) mass is 440 g/mol. The average Bonchev–Trinajstić information content (AvgIpc) is 3.14. The number of ether oxygens (including phenoxy) is 3. The molecule has 0 spiro atoms. The molecule has 0 radical (unpaired) electrons. The number of carbonyl (C=O) groups excluding carboxylic acids is 3. The van der Waals surface area contributed by atoms with Crippen LogP contribution < -0.4 is 14.4 Å². The summed E-state index contributed by atoms with van der Waals surface area (Å²) in [5, 5.41) is 0.382. The van der Waals surface area contributed by atoms with E-state index in [-0.39, 0.29) is 35.8 Å². The number of benzene rings is 2. The highest BCUT2D eigenvalue weighted by molar-refractivity contribution is 6.48. The zero-order valence-electron chi connectivity index (χ0n) is 16.7. The third-order valence-electron chi connectivity index (χ3n) is 4.72. The lowest BCUT2D eigenvalue weighted by Crippen LogP contribution is -2.41. The first-order valence-corrected chi connectivity index (χ1v) is 9.78. The van der Waals surface area contributed by atoms with Crippen molar-refractivity contribution in [2.75, 3.05) is 18.6 Å². The van der Waals surface area contributed by atoms with Crippen LogP contribution in [-0.4, -0.2) is 37.2 Å². The molecule has 0 saturated carbocycles. The van der Waals surface area contributed by atoms with Gasteiger partial charge in [0.25, 0.3) is 11.8 Å². The van der Waals surface area contributed by atoms with E-state index in [0.29, 0.717) is 22.2 Å². The third kappa shape index (κ3) is 3.77. The number of hydrogen-bond acceptors (Lipinski definition) is 6. The molecule has 2 aliphatic rings. The van der Waals surface area contributed by atoms with E-state index < -0.39 is 17.8 Å². The molecule has 0 aromatic heterocycles. The maximum atomic E-state index is 13.2. The molecule has 0 fully saturated rings. The van der Waals surface area contributed by atoms with Gasteiger partial charge in [-0.25, -0.2) is 14.7 Å². The molecule has 158 valence electrons. The zero-order chi connectivity index (χ0) is 22.1. The Bertz CT molecular complexity index is 1150. The maximum absolute atomic E-state index is 13.2. The van der Waals surface area contributed by atoms with E-state index in [2.05, 4.69) is 4.99 Å². The quantitative estimate of drug-likeness (QED) is 0.675. The maximum Gasteiger partial charge on any atom is 0.339 e. The molecule has 0 bridgehead atoms. The zero-order valence-corrected chi connectivity index (χ0v) is 17.4. The molecule has 31 heavy (non-hydrogen) atoms. The van der Waals surface area contributed by atoms with Crippen LogP contribution in [0, 0.1) is 0 Å². The van der Waals surface area contributed by atoms with Gasteiger partial charge < -0.3 is 14.2 Å². The molecule has 4 rings (SSSR count). The fourth-order valence-corrected chi connectivity index (χ4v) is 3.41. The summed E-state index contributed by atoms with van der Waals surface area (Å²) in [6.45, 7) is 1.81. The van der Waals surface area contributed by atoms with Crippen LogP contribution in [0.2, 0.25) is 5.02 Å². The number of esters is 1. The first-order valence-electron chi connectivity index (χ1n) is 9.41. The van der Waals surface area contributed by atoms with Crippen molar-refractivity contribution in [1.29, 1.82) is 0 Å². The molecule has 0 aliphatic carbocycles. The number of halogens is 1. The molecule has 0 unspecified atom stereocenters. The van der Waals surface area contributed by atoms with Gasteiger partial charge in [0.2, 0.25) is 5.88 Å². The lowest BCUT2D eigenvalue weighted by molar-refractivity contribution is -0.138. The fourth-order valence-electron chi connectivity index (χ4n) is 3.24. The second-order valence-corrected chi connectivity index (χ2v) is 7.06. The molecule has 2 heterocycles. The van der Waals surface area contributed by atoms with Gasteiger partial charge in [0.1, 0.15) is 17.0 Å². The Labute approximate surface area is 182 Å². The molecule has 2 aromatic rings. The number of carbonyl (C=O) groups is 3. The van der Waals surface area contributed by atoms with E-state index in [0.717, 1.165) is 0 Å². The van der Waals surface area contributed by atoms with Gasteiger partial charge in [-0.15, -0.1) is 0 Å². The second-order valence-electron chi connectivity index (χ2n) is 6.63. The molecule has 9 heteroatoms. The van der Waals surface area contributed by atoms with Crippen LogP contribution in [0.25, 0.3) is 0 Å². The van der Waals surface area contributed by atoms with Crippen molar-refractivity contribution >= 4 is 40.8 Å². The third-order valence-corrected chi connectivity index (χ3v) is 4.95. The Hall–Kier alpha value is -3.65. The van der Waals surface area contributed by atoms with E-state index in [1.165, 1.54) is 12.0 Å². The van der Waals surface area contributed by atoms with Crippen molar-refractivity contribution in [3.63, 3.8) is 0 Å². The van der Waals surface area contributed by atoms with Crippen LogP contribution in [0.15, 0.2) is 58.9 Å². The molecule has 2 amide bonds. The highest BCUT2D eigenvalue weighted by atomic mass is 35.5. The number of amides is 2. The number of nitrogens with zero attached hydrogens (tertiary/aromatic N) is 2. The summed E-state index contributed by atoms with van der Waals surface area (Å²) in [5.41, 5.74) is 0.618. The molecule has 0 saturated heterocycles. The fraction of sp³-hybridized carbons (Fsp3) is 0.182. The molecular weight excluding hydrogens is 424 g/mol. The molecule has 8 nitrogen and oxygen atoms in total. The minimum Gasteiger partial charge on any atom is -0.497 e. The first-order chi connectivity index (χ1) is 14.9. The lowest BCUT2D eigenvalue weighted by Gasteiger charge is -2.24. The number of methoxy groups -OCH3 is 1. The standard InChI is InChI=1S/C22H17ClN2O6/c1-3-30-22(28)15-11-16(24-19(26)12-4-7-14(29-2)8-5-12)20(27)25-17-10-13(23)6-9-18(17)31-21(15)25/h4-10H,3,11H2,1-2H3. The minimum absolute atomic E-state index is 0.0385. The van der Waals surface area contributed by atoms with Crippen LogP contribution in [0.4, 0.5) is 5.69 Å². The summed E-state index contributed by atoms with van der Waals surface area (Å²) in [5.74, 6) is -0.875.